The predicted molar refractivity (Wildman–Crippen MR) is 74.0 cm³/mol. The van der Waals surface area contributed by atoms with E-state index < -0.39 is 0 Å². The molecule has 0 unspecified atom stereocenters. The monoisotopic (exact) mass is 266 g/mol. The number of ether oxygens (including phenoxy) is 1. The summed E-state index contributed by atoms with van der Waals surface area (Å²) in [6, 6.07) is 0. The van der Waals surface area contributed by atoms with Gasteiger partial charge in [0.1, 0.15) is 5.54 Å². The molecule has 1 amide bonds. The fourth-order valence-corrected chi connectivity index (χ4v) is 3.78. The van der Waals surface area contributed by atoms with Crippen LogP contribution in [0.4, 0.5) is 0 Å². The van der Waals surface area contributed by atoms with Crippen LogP contribution in [0.3, 0.4) is 0 Å². The lowest BCUT2D eigenvalue weighted by molar-refractivity contribution is -0.161. The first-order chi connectivity index (χ1) is 9.08. The minimum absolute atomic E-state index is 0.0193. The zero-order chi connectivity index (χ0) is 13.5. The number of rotatable bonds is 2. The van der Waals surface area contributed by atoms with Crippen LogP contribution in [0.5, 0.6) is 0 Å². The van der Waals surface area contributed by atoms with Gasteiger partial charge >= 0.3 is 0 Å². The molecule has 0 N–H and O–H groups in total. The van der Waals surface area contributed by atoms with Crippen molar-refractivity contribution in [2.24, 2.45) is 0 Å². The van der Waals surface area contributed by atoms with Crippen LogP contribution in [-0.4, -0.2) is 60.6 Å². The maximum absolute atomic E-state index is 12.8. The molecular formula is C15H26N2O2. The molecule has 0 atom stereocenters. The molecule has 4 heteroatoms. The third kappa shape index (κ3) is 2.29. The van der Waals surface area contributed by atoms with E-state index in [9.17, 15) is 4.79 Å². The van der Waals surface area contributed by atoms with Crippen molar-refractivity contribution >= 4 is 5.91 Å². The molecule has 3 rings (SSSR count). The molecule has 19 heavy (non-hydrogen) atoms. The van der Waals surface area contributed by atoms with Gasteiger partial charge in [-0.15, -0.1) is 0 Å². The van der Waals surface area contributed by atoms with Crippen molar-refractivity contribution < 1.29 is 9.53 Å². The topological polar surface area (TPSA) is 32.8 Å². The molecule has 1 aliphatic heterocycles. The van der Waals surface area contributed by atoms with Gasteiger partial charge in [-0.25, -0.2) is 0 Å². The Kier molecular flexibility index (Phi) is 3.34. The smallest absolute Gasteiger partial charge is 0.243 e. The average molecular weight is 266 g/mol. The Morgan fingerprint density at radius 1 is 1.11 bits per heavy atom. The summed E-state index contributed by atoms with van der Waals surface area (Å²) in [5, 5.41) is 0. The predicted octanol–water partition coefficient (Wildman–Crippen LogP) is 1.64. The van der Waals surface area contributed by atoms with Crippen molar-refractivity contribution in [2.75, 3.05) is 33.8 Å². The summed E-state index contributed by atoms with van der Waals surface area (Å²) in [5.41, 5.74) is -0.207. The van der Waals surface area contributed by atoms with E-state index in [1.54, 1.807) is 0 Å². The van der Waals surface area contributed by atoms with E-state index in [-0.39, 0.29) is 11.1 Å². The van der Waals surface area contributed by atoms with Crippen molar-refractivity contribution in [2.45, 2.75) is 56.1 Å². The van der Waals surface area contributed by atoms with Crippen molar-refractivity contribution in [1.29, 1.82) is 0 Å². The van der Waals surface area contributed by atoms with Crippen LogP contribution in [0.1, 0.15) is 44.9 Å². The number of hydrogen-bond acceptors (Lipinski definition) is 3. The minimum atomic E-state index is -0.187. The van der Waals surface area contributed by atoms with Crippen LogP contribution in [0.25, 0.3) is 0 Å². The highest BCUT2D eigenvalue weighted by Crippen LogP contribution is 2.43. The fourth-order valence-electron chi connectivity index (χ4n) is 3.78. The normalized spacial score (nSPS) is 28.7. The Morgan fingerprint density at radius 3 is 2.37 bits per heavy atom. The summed E-state index contributed by atoms with van der Waals surface area (Å²) in [4.78, 5) is 17.0. The zero-order valence-corrected chi connectivity index (χ0v) is 12.3. The Bertz CT molecular complexity index is 352. The molecule has 0 aromatic rings. The number of amides is 1. The van der Waals surface area contributed by atoms with E-state index >= 15 is 0 Å². The number of carbonyl (C=O) groups excluding carboxylic acids is 1. The second-order valence-electron chi connectivity index (χ2n) is 6.74. The van der Waals surface area contributed by atoms with Gasteiger partial charge in [-0.1, -0.05) is 19.3 Å². The van der Waals surface area contributed by atoms with Crippen molar-refractivity contribution in [3.63, 3.8) is 0 Å². The van der Waals surface area contributed by atoms with Gasteiger partial charge in [0.15, 0.2) is 0 Å². The molecule has 1 spiro atoms. The molecule has 2 saturated carbocycles. The largest absolute Gasteiger partial charge is 0.371 e. The molecule has 3 aliphatic rings. The van der Waals surface area contributed by atoms with E-state index in [4.69, 9.17) is 4.74 Å². The fraction of sp³-hybridized carbons (Fsp3) is 0.933. The van der Waals surface area contributed by atoms with Gasteiger partial charge in [0.2, 0.25) is 5.91 Å². The highest BCUT2D eigenvalue weighted by Gasteiger charge is 2.55. The molecular weight excluding hydrogens is 240 g/mol. The number of morpholine rings is 1. The zero-order valence-electron chi connectivity index (χ0n) is 12.3. The van der Waals surface area contributed by atoms with Gasteiger partial charge in [-0.3, -0.25) is 9.69 Å². The summed E-state index contributed by atoms with van der Waals surface area (Å²) in [6.07, 6.45) is 8.12. The second-order valence-corrected chi connectivity index (χ2v) is 6.74. The highest BCUT2D eigenvalue weighted by atomic mass is 16.5. The molecule has 4 nitrogen and oxygen atoms in total. The van der Waals surface area contributed by atoms with Crippen LogP contribution < -0.4 is 0 Å². The van der Waals surface area contributed by atoms with Crippen LogP contribution in [0.2, 0.25) is 0 Å². The lowest BCUT2D eigenvalue weighted by Crippen LogP contribution is -2.58. The Morgan fingerprint density at radius 2 is 1.79 bits per heavy atom. The third-order valence-corrected chi connectivity index (χ3v) is 5.28. The number of carbonyl (C=O) groups is 1. The van der Waals surface area contributed by atoms with Crippen LogP contribution in [0, 0.1) is 0 Å². The lowest BCUT2D eigenvalue weighted by atomic mass is 9.83. The van der Waals surface area contributed by atoms with Crippen molar-refractivity contribution in [3.05, 3.63) is 0 Å². The van der Waals surface area contributed by atoms with E-state index in [1.807, 2.05) is 14.1 Å². The first-order valence-corrected chi connectivity index (χ1v) is 7.69. The van der Waals surface area contributed by atoms with Crippen molar-refractivity contribution in [3.8, 4) is 0 Å². The molecule has 0 aromatic heterocycles. The summed E-state index contributed by atoms with van der Waals surface area (Å²) in [7, 11) is 4.06. The van der Waals surface area contributed by atoms with Gasteiger partial charge in [-0.2, -0.15) is 0 Å². The van der Waals surface area contributed by atoms with Gasteiger partial charge in [0.05, 0.1) is 12.2 Å². The van der Waals surface area contributed by atoms with Crippen LogP contribution in [0.15, 0.2) is 0 Å². The molecule has 108 valence electrons. The molecule has 1 heterocycles. The maximum atomic E-state index is 12.8. The number of nitrogens with zero attached hydrogens (tertiary/aromatic N) is 2. The minimum Gasteiger partial charge on any atom is -0.371 e. The van der Waals surface area contributed by atoms with Gasteiger partial charge < -0.3 is 9.64 Å². The summed E-state index contributed by atoms with van der Waals surface area (Å²) >= 11 is 0. The number of likely N-dealkylation sites (N-methyl/N-ethyl adjacent to an activating group) is 1. The SMILES string of the molecule is CN(C)C1(C(=O)N2CCOC3(CCCCC3)C2)CC1. The van der Waals surface area contributed by atoms with Gasteiger partial charge in [0.25, 0.3) is 0 Å². The lowest BCUT2D eigenvalue weighted by Gasteiger charge is -2.46. The molecule has 0 aromatic carbocycles. The van der Waals surface area contributed by atoms with Crippen LogP contribution >= 0.6 is 0 Å². The van der Waals surface area contributed by atoms with Crippen LogP contribution in [-0.2, 0) is 9.53 Å². The third-order valence-electron chi connectivity index (χ3n) is 5.28. The molecule has 1 saturated heterocycles. The standard InChI is InChI=1S/C15H26N2O2/c1-16(2)15(8-9-15)13(18)17-10-11-19-14(12-17)6-4-3-5-7-14/h3-12H2,1-2H3. The van der Waals surface area contributed by atoms with E-state index in [0.717, 1.165) is 45.4 Å². The first-order valence-electron chi connectivity index (χ1n) is 7.69. The van der Waals surface area contributed by atoms with Crippen molar-refractivity contribution in [1.82, 2.24) is 9.80 Å². The van der Waals surface area contributed by atoms with Gasteiger partial charge in [-0.05, 0) is 39.8 Å². The first kappa shape index (κ1) is 13.4. The Balaban J connectivity index is 1.70. The molecule has 3 fully saturated rings. The Hall–Kier alpha value is -0.610. The highest BCUT2D eigenvalue weighted by molar-refractivity contribution is 5.89. The van der Waals surface area contributed by atoms with Gasteiger partial charge in [0, 0.05) is 13.1 Å². The molecule has 0 radical (unpaired) electrons. The number of hydrogen-bond donors (Lipinski definition) is 0. The van der Waals surface area contributed by atoms with E-state index in [2.05, 4.69) is 9.80 Å². The summed E-state index contributed by atoms with van der Waals surface area (Å²) in [5.74, 6) is 0.339. The van der Waals surface area contributed by atoms with E-state index in [1.165, 1.54) is 19.3 Å². The maximum Gasteiger partial charge on any atom is 0.243 e. The second kappa shape index (κ2) is 4.74. The molecule has 0 bridgehead atoms. The molecule has 2 aliphatic carbocycles. The summed E-state index contributed by atoms with van der Waals surface area (Å²) < 4.78 is 6.07. The quantitative estimate of drug-likeness (QED) is 0.762. The Labute approximate surface area is 116 Å². The van der Waals surface area contributed by atoms with E-state index in [0.29, 0.717) is 5.91 Å². The summed E-state index contributed by atoms with van der Waals surface area (Å²) in [6.45, 7) is 2.31. The average Bonchev–Trinajstić information content (AvgIpc) is 3.20.